The molecule has 2 aromatic heterocycles. The van der Waals surface area contributed by atoms with Gasteiger partial charge >= 0.3 is 0 Å². The Kier molecular flexibility index (Phi) is 4.28. The quantitative estimate of drug-likeness (QED) is 0.937. The maximum atomic E-state index is 12.7. The van der Waals surface area contributed by atoms with Gasteiger partial charge in [-0.2, -0.15) is 0 Å². The molecule has 2 fully saturated rings. The summed E-state index contributed by atoms with van der Waals surface area (Å²) in [5.74, 6) is 1.60. The van der Waals surface area contributed by atoms with E-state index in [2.05, 4.69) is 19.9 Å². The molecule has 0 spiro atoms. The molecule has 24 heavy (non-hydrogen) atoms. The van der Waals surface area contributed by atoms with E-state index in [1.165, 1.54) is 25.7 Å². The van der Waals surface area contributed by atoms with Crippen LogP contribution in [0.4, 0.5) is 0 Å². The molecule has 6 heteroatoms. The highest BCUT2D eigenvalue weighted by atomic mass is 16.2. The van der Waals surface area contributed by atoms with Gasteiger partial charge in [-0.15, -0.1) is 0 Å². The standard InChI is InChI=1S/C18H23N5O/c24-17(10-13-4-1-2-5-13)23-9-3-6-16(23)14-11-22-15(12-21-14)18-19-7-8-20-18/h7-8,11-13,16H,1-6,9-10H2,(H,19,20)/t16-/m0/s1. The molecule has 1 saturated heterocycles. The lowest BCUT2D eigenvalue weighted by atomic mass is 10.0. The number of likely N-dealkylation sites (tertiary alicyclic amines) is 1. The SMILES string of the molecule is O=C(CC1CCCC1)N1CCC[C@H]1c1cnc(-c2ncc[nH]2)cn1. The largest absolute Gasteiger partial charge is 0.343 e. The van der Waals surface area contributed by atoms with Crippen LogP contribution >= 0.6 is 0 Å². The topological polar surface area (TPSA) is 74.8 Å². The number of imidazole rings is 1. The normalized spacial score (nSPS) is 21.5. The fourth-order valence-electron chi connectivity index (χ4n) is 3.99. The Hall–Kier alpha value is -2.24. The molecule has 2 aliphatic rings. The van der Waals surface area contributed by atoms with Gasteiger partial charge in [0.25, 0.3) is 0 Å². The highest BCUT2D eigenvalue weighted by Crippen LogP contribution is 2.34. The van der Waals surface area contributed by atoms with E-state index < -0.39 is 0 Å². The highest BCUT2D eigenvalue weighted by Gasteiger charge is 2.32. The van der Waals surface area contributed by atoms with Crippen LogP contribution in [-0.4, -0.2) is 37.3 Å². The van der Waals surface area contributed by atoms with Crippen molar-refractivity contribution in [3.63, 3.8) is 0 Å². The molecule has 1 N–H and O–H groups in total. The maximum Gasteiger partial charge on any atom is 0.223 e. The number of rotatable bonds is 4. The van der Waals surface area contributed by atoms with Crippen molar-refractivity contribution in [3.8, 4) is 11.5 Å². The van der Waals surface area contributed by atoms with E-state index in [0.29, 0.717) is 18.2 Å². The van der Waals surface area contributed by atoms with Crippen LogP contribution in [-0.2, 0) is 4.79 Å². The van der Waals surface area contributed by atoms with Crippen molar-refractivity contribution in [2.24, 2.45) is 5.92 Å². The molecule has 0 unspecified atom stereocenters. The number of nitrogens with zero attached hydrogens (tertiary/aromatic N) is 4. The van der Waals surface area contributed by atoms with Crippen LogP contribution < -0.4 is 0 Å². The van der Waals surface area contributed by atoms with Crippen LogP contribution in [0.5, 0.6) is 0 Å². The van der Waals surface area contributed by atoms with E-state index in [1.807, 2.05) is 4.90 Å². The molecule has 4 rings (SSSR count). The Morgan fingerprint density at radius 1 is 1.12 bits per heavy atom. The van der Waals surface area contributed by atoms with Gasteiger partial charge in [-0.3, -0.25) is 9.78 Å². The average Bonchev–Trinajstić information content (AvgIpc) is 3.36. The van der Waals surface area contributed by atoms with Crippen molar-refractivity contribution in [3.05, 3.63) is 30.5 Å². The van der Waals surface area contributed by atoms with E-state index in [4.69, 9.17) is 0 Å². The summed E-state index contributed by atoms with van der Waals surface area (Å²) in [4.78, 5) is 31.0. The molecule has 1 aliphatic heterocycles. The molecule has 1 amide bonds. The van der Waals surface area contributed by atoms with Crippen LogP contribution in [0.1, 0.15) is 56.7 Å². The third-order valence-corrected chi connectivity index (χ3v) is 5.27. The number of hydrogen-bond donors (Lipinski definition) is 1. The maximum absolute atomic E-state index is 12.7. The highest BCUT2D eigenvalue weighted by molar-refractivity contribution is 5.77. The second kappa shape index (κ2) is 6.71. The molecule has 0 bridgehead atoms. The van der Waals surface area contributed by atoms with Gasteiger partial charge in [0.1, 0.15) is 5.69 Å². The zero-order valence-electron chi connectivity index (χ0n) is 13.8. The first-order valence-electron chi connectivity index (χ1n) is 8.92. The predicted octanol–water partition coefficient (Wildman–Crippen LogP) is 3.11. The molecule has 0 radical (unpaired) electrons. The number of nitrogens with one attached hydrogen (secondary N) is 1. The summed E-state index contributed by atoms with van der Waals surface area (Å²) in [6.45, 7) is 0.845. The van der Waals surface area contributed by atoms with Gasteiger partial charge in [0.05, 0.1) is 24.1 Å². The fraction of sp³-hybridized carbons (Fsp3) is 0.556. The Morgan fingerprint density at radius 2 is 2.00 bits per heavy atom. The van der Waals surface area contributed by atoms with Gasteiger partial charge in [-0.1, -0.05) is 12.8 Å². The molecule has 2 aromatic rings. The smallest absolute Gasteiger partial charge is 0.223 e. The number of carbonyl (C=O) groups is 1. The fourth-order valence-corrected chi connectivity index (χ4v) is 3.99. The first-order chi connectivity index (χ1) is 11.8. The Balaban J connectivity index is 1.46. The number of aromatic amines is 1. The summed E-state index contributed by atoms with van der Waals surface area (Å²) < 4.78 is 0. The van der Waals surface area contributed by atoms with Crippen molar-refractivity contribution in [1.29, 1.82) is 0 Å². The molecule has 6 nitrogen and oxygen atoms in total. The van der Waals surface area contributed by atoms with E-state index in [-0.39, 0.29) is 6.04 Å². The van der Waals surface area contributed by atoms with Crippen molar-refractivity contribution in [2.75, 3.05) is 6.54 Å². The van der Waals surface area contributed by atoms with Crippen LogP contribution in [0.2, 0.25) is 0 Å². The van der Waals surface area contributed by atoms with Crippen LogP contribution in [0, 0.1) is 5.92 Å². The lowest BCUT2D eigenvalue weighted by molar-refractivity contribution is -0.133. The summed E-state index contributed by atoms with van der Waals surface area (Å²) in [5.41, 5.74) is 1.62. The molecule has 1 atom stereocenters. The van der Waals surface area contributed by atoms with Crippen molar-refractivity contribution in [2.45, 2.75) is 51.0 Å². The summed E-state index contributed by atoms with van der Waals surface area (Å²) in [5, 5.41) is 0. The number of hydrogen-bond acceptors (Lipinski definition) is 4. The number of carbonyl (C=O) groups excluding carboxylic acids is 1. The number of amides is 1. The minimum absolute atomic E-state index is 0.0806. The lowest BCUT2D eigenvalue weighted by Gasteiger charge is -2.25. The monoisotopic (exact) mass is 325 g/mol. The lowest BCUT2D eigenvalue weighted by Crippen LogP contribution is -2.32. The van der Waals surface area contributed by atoms with E-state index in [9.17, 15) is 4.79 Å². The van der Waals surface area contributed by atoms with Gasteiger partial charge in [-0.05, 0) is 31.6 Å². The van der Waals surface area contributed by atoms with Gasteiger partial charge < -0.3 is 9.88 Å². The predicted molar refractivity (Wildman–Crippen MR) is 89.9 cm³/mol. The van der Waals surface area contributed by atoms with Crippen LogP contribution in [0.25, 0.3) is 11.5 Å². The van der Waals surface area contributed by atoms with Crippen molar-refractivity contribution < 1.29 is 4.79 Å². The molecular formula is C18H23N5O. The van der Waals surface area contributed by atoms with Crippen LogP contribution in [0.3, 0.4) is 0 Å². The van der Waals surface area contributed by atoms with E-state index in [1.54, 1.807) is 24.8 Å². The third-order valence-electron chi connectivity index (χ3n) is 5.27. The molecule has 1 saturated carbocycles. The summed E-state index contributed by atoms with van der Waals surface area (Å²) in [7, 11) is 0. The second-order valence-corrected chi connectivity index (χ2v) is 6.86. The van der Waals surface area contributed by atoms with Crippen LogP contribution in [0.15, 0.2) is 24.8 Å². The Labute approximate surface area is 141 Å². The molecule has 0 aromatic carbocycles. The minimum atomic E-state index is 0.0806. The Morgan fingerprint density at radius 3 is 2.71 bits per heavy atom. The van der Waals surface area contributed by atoms with E-state index in [0.717, 1.165) is 36.6 Å². The van der Waals surface area contributed by atoms with Crippen molar-refractivity contribution >= 4 is 5.91 Å². The molecular weight excluding hydrogens is 302 g/mol. The van der Waals surface area contributed by atoms with E-state index >= 15 is 0 Å². The summed E-state index contributed by atoms with van der Waals surface area (Å²) in [6, 6.07) is 0.0806. The van der Waals surface area contributed by atoms with Gasteiger partial charge in [-0.25, -0.2) is 9.97 Å². The zero-order chi connectivity index (χ0) is 16.4. The molecule has 126 valence electrons. The molecule has 1 aliphatic carbocycles. The minimum Gasteiger partial charge on any atom is -0.343 e. The summed E-state index contributed by atoms with van der Waals surface area (Å²) >= 11 is 0. The first kappa shape index (κ1) is 15.3. The number of H-pyrrole nitrogens is 1. The molecule has 3 heterocycles. The second-order valence-electron chi connectivity index (χ2n) is 6.86. The van der Waals surface area contributed by atoms with Gasteiger partial charge in [0.2, 0.25) is 5.91 Å². The third kappa shape index (κ3) is 3.05. The Bertz CT molecular complexity index is 676. The zero-order valence-corrected chi connectivity index (χ0v) is 13.8. The van der Waals surface area contributed by atoms with Crippen molar-refractivity contribution in [1.82, 2.24) is 24.8 Å². The average molecular weight is 325 g/mol. The number of aromatic nitrogens is 4. The summed E-state index contributed by atoms with van der Waals surface area (Å²) in [6.07, 6.45) is 14.7. The first-order valence-corrected chi connectivity index (χ1v) is 8.92. The van der Waals surface area contributed by atoms with Gasteiger partial charge in [0, 0.05) is 25.4 Å². The van der Waals surface area contributed by atoms with Gasteiger partial charge in [0.15, 0.2) is 5.82 Å².